The van der Waals surface area contributed by atoms with Crippen LogP contribution in [0.5, 0.6) is 0 Å². The van der Waals surface area contributed by atoms with E-state index in [1.165, 1.54) is 11.3 Å². The summed E-state index contributed by atoms with van der Waals surface area (Å²) < 4.78 is 8.60. The number of aliphatic hydroxyl groups is 3. The van der Waals surface area contributed by atoms with Crippen LogP contribution >= 0.6 is 23.6 Å². The molecule has 3 N–H and O–H groups in total. The Hall–Kier alpha value is -0.830. The second-order valence-electron chi connectivity index (χ2n) is 4.46. The molecule has 0 bridgehead atoms. The van der Waals surface area contributed by atoms with Crippen molar-refractivity contribution in [1.82, 2.24) is 4.57 Å². The van der Waals surface area contributed by atoms with Crippen molar-refractivity contribution >= 4 is 33.6 Å². The summed E-state index contributed by atoms with van der Waals surface area (Å²) in [7, 11) is 0. The highest BCUT2D eigenvalue weighted by Crippen LogP contribution is 2.32. The van der Waals surface area contributed by atoms with Gasteiger partial charge in [-0.25, -0.2) is 0 Å². The number of fused-ring (bicyclic) bond motifs is 1. The number of pyridine rings is 1. The van der Waals surface area contributed by atoms with Crippen molar-refractivity contribution in [3.63, 3.8) is 0 Å². The molecule has 0 saturated carbocycles. The van der Waals surface area contributed by atoms with Gasteiger partial charge in [-0.2, -0.15) is 0 Å². The number of aromatic nitrogens is 1. The third kappa shape index (κ3) is 2.03. The molecule has 102 valence electrons. The quantitative estimate of drug-likeness (QED) is 0.723. The lowest BCUT2D eigenvalue weighted by atomic mass is 10.1. The van der Waals surface area contributed by atoms with Gasteiger partial charge in [0.15, 0.2) is 6.23 Å². The van der Waals surface area contributed by atoms with E-state index >= 15 is 0 Å². The molecule has 5 nitrogen and oxygen atoms in total. The van der Waals surface area contributed by atoms with Crippen LogP contribution in [0.4, 0.5) is 0 Å². The molecule has 3 heterocycles. The second kappa shape index (κ2) is 4.93. The Balaban J connectivity index is 2.05. The summed E-state index contributed by atoms with van der Waals surface area (Å²) in [6, 6.07) is 3.85. The number of ether oxygens (including phenoxy) is 1. The highest BCUT2D eigenvalue weighted by atomic mass is 32.1. The fraction of sp³-hybridized carbons (Fsp3) is 0.417. The van der Waals surface area contributed by atoms with Crippen LogP contribution in [-0.4, -0.2) is 44.8 Å². The zero-order valence-corrected chi connectivity index (χ0v) is 11.5. The van der Waals surface area contributed by atoms with Gasteiger partial charge in [0.05, 0.1) is 11.3 Å². The van der Waals surface area contributed by atoms with Crippen LogP contribution in [-0.2, 0) is 4.74 Å². The van der Waals surface area contributed by atoms with Crippen molar-refractivity contribution in [2.75, 3.05) is 6.61 Å². The summed E-state index contributed by atoms with van der Waals surface area (Å²) in [6.07, 6.45) is -2.05. The molecule has 4 atom stereocenters. The molecule has 0 aromatic carbocycles. The van der Waals surface area contributed by atoms with Crippen LogP contribution < -0.4 is 0 Å². The van der Waals surface area contributed by atoms with Gasteiger partial charge in [-0.1, -0.05) is 12.2 Å². The van der Waals surface area contributed by atoms with Gasteiger partial charge in [-0.05, 0) is 22.9 Å². The monoisotopic (exact) mass is 299 g/mol. The van der Waals surface area contributed by atoms with E-state index in [2.05, 4.69) is 0 Å². The van der Waals surface area contributed by atoms with Crippen LogP contribution in [0.2, 0.25) is 0 Å². The first-order valence-electron chi connectivity index (χ1n) is 5.84. The van der Waals surface area contributed by atoms with Crippen molar-refractivity contribution in [2.24, 2.45) is 0 Å². The smallest absolute Gasteiger partial charge is 0.164 e. The minimum atomic E-state index is -1.11. The van der Waals surface area contributed by atoms with Crippen LogP contribution in [0, 0.1) is 4.64 Å². The highest BCUT2D eigenvalue weighted by Gasteiger charge is 2.43. The first-order chi connectivity index (χ1) is 9.13. The third-order valence-corrected chi connectivity index (χ3v) is 4.81. The Morgan fingerprint density at radius 2 is 2.11 bits per heavy atom. The second-order valence-corrected chi connectivity index (χ2v) is 5.76. The van der Waals surface area contributed by atoms with Crippen molar-refractivity contribution < 1.29 is 20.1 Å². The van der Waals surface area contributed by atoms with E-state index in [-0.39, 0.29) is 6.61 Å². The van der Waals surface area contributed by atoms with E-state index in [0.717, 1.165) is 10.1 Å². The van der Waals surface area contributed by atoms with Crippen LogP contribution in [0.25, 0.3) is 10.1 Å². The Kier molecular flexibility index (Phi) is 3.42. The molecule has 1 saturated heterocycles. The van der Waals surface area contributed by atoms with E-state index in [1.54, 1.807) is 10.8 Å². The molecule has 2 aromatic rings. The fourth-order valence-corrected chi connectivity index (χ4v) is 3.54. The highest BCUT2D eigenvalue weighted by molar-refractivity contribution is 7.71. The largest absolute Gasteiger partial charge is 0.394 e. The SMILES string of the molecule is OC[C@H]1O[C@@H](n2ccc3ccsc3c2=S)C(O)[C@H]1O. The molecule has 1 unspecified atom stereocenters. The Morgan fingerprint density at radius 1 is 1.32 bits per heavy atom. The Morgan fingerprint density at radius 3 is 2.79 bits per heavy atom. The summed E-state index contributed by atoms with van der Waals surface area (Å²) in [5, 5.41) is 31.9. The number of nitrogens with zero attached hydrogens (tertiary/aromatic N) is 1. The molecule has 1 fully saturated rings. The summed E-state index contributed by atoms with van der Waals surface area (Å²) >= 11 is 6.91. The van der Waals surface area contributed by atoms with Gasteiger partial charge in [-0.15, -0.1) is 11.3 Å². The summed E-state index contributed by atoms with van der Waals surface area (Å²) in [5.74, 6) is 0. The maximum atomic E-state index is 10.0. The van der Waals surface area contributed by atoms with E-state index in [4.69, 9.17) is 22.1 Å². The third-order valence-electron chi connectivity index (χ3n) is 3.33. The first-order valence-corrected chi connectivity index (χ1v) is 7.13. The lowest BCUT2D eigenvalue weighted by Crippen LogP contribution is -2.33. The predicted octanol–water partition coefficient (Wildman–Crippen LogP) is 1.04. The van der Waals surface area contributed by atoms with Crippen LogP contribution in [0.1, 0.15) is 6.23 Å². The zero-order valence-electron chi connectivity index (χ0n) is 9.84. The van der Waals surface area contributed by atoms with Gasteiger partial charge in [-0.3, -0.25) is 0 Å². The fourth-order valence-electron chi connectivity index (χ4n) is 2.28. The number of hydrogen-bond donors (Lipinski definition) is 3. The molecule has 0 radical (unpaired) electrons. The molecule has 1 aliphatic heterocycles. The van der Waals surface area contributed by atoms with Crippen molar-refractivity contribution in [3.8, 4) is 0 Å². The van der Waals surface area contributed by atoms with Gasteiger partial charge >= 0.3 is 0 Å². The molecule has 2 aromatic heterocycles. The van der Waals surface area contributed by atoms with E-state index in [0.29, 0.717) is 4.64 Å². The first kappa shape index (κ1) is 13.2. The average Bonchev–Trinajstić information content (AvgIpc) is 2.98. The van der Waals surface area contributed by atoms with Gasteiger partial charge in [0.2, 0.25) is 0 Å². The average molecular weight is 299 g/mol. The van der Waals surface area contributed by atoms with Gasteiger partial charge in [0.25, 0.3) is 0 Å². The zero-order chi connectivity index (χ0) is 13.6. The minimum absolute atomic E-state index is 0.344. The molecular formula is C12H13NO4S2. The number of thiophene rings is 1. The summed E-state index contributed by atoms with van der Waals surface area (Å²) in [6.45, 7) is -0.344. The molecule has 3 rings (SSSR count). The predicted molar refractivity (Wildman–Crippen MR) is 73.7 cm³/mol. The molecule has 0 amide bonds. The standard InChI is InChI=1S/C12H13NO4S2/c14-5-7-8(15)9(16)11(17-7)13-3-1-6-2-4-19-10(6)12(13)18/h1-4,7-9,11,14-16H,5H2/t7-,8+,9?,11-/m1/s1. The molecular weight excluding hydrogens is 286 g/mol. The van der Waals surface area contributed by atoms with Crippen molar-refractivity contribution in [2.45, 2.75) is 24.5 Å². The maximum absolute atomic E-state index is 10.0. The van der Waals surface area contributed by atoms with E-state index < -0.39 is 24.5 Å². The molecule has 0 aliphatic carbocycles. The lowest BCUT2D eigenvalue weighted by Gasteiger charge is -2.18. The van der Waals surface area contributed by atoms with E-state index in [9.17, 15) is 10.2 Å². The summed E-state index contributed by atoms with van der Waals surface area (Å²) in [5.41, 5.74) is 0. The minimum Gasteiger partial charge on any atom is -0.394 e. The maximum Gasteiger partial charge on any atom is 0.164 e. The number of rotatable bonds is 2. The molecule has 19 heavy (non-hydrogen) atoms. The molecule has 1 aliphatic rings. The number of hydrogen-bond acceptors (Lipinski definition) is 6. The van der Waals surface area contributed by atoms with Crippen molar-refractivity contribution in [1.29, 1.82) is 0 Å². The lowest BCUT2D eigenvalue weighted by molar-refractivity contribution is -0.0533. The number of aliphatic hydroxyl groups excluding tert-OH is 3. The van der Waals surface area contributed by atoms with Gasteiger partial charge in [0, 0.05) is 6.20 Å². The molecule has 0 spiro atoms. The normalized spacial score (nSPS) is 31.1. The Bertz CT molecular complexity index is 652. The molecule has 7 heteroatoms. The Labute approximate surface area is 118 Å². The van der Waals surface area contributed by atoms with E-state index in [1.807, 2.05) is 17.5 Å². The van der Waals surface area contributed by atoms with Crippen LogP contribution in [0.3, 0.4) is 0 Å². The summed E-state index contributed by atoms with van der Waals surface area (Å²) in [4.78, 5) is 0. The van der Waals surface area contributed by atoms with Gasteiger partial charge < -0.3 is 24.6 Å². The topological polar surface area (TPSA) is 74.9 Å². The van der Waals surface area contributed by atoms with Gasteiger partial charge in [0.1, 0.15) is 23.0 Å². The van der Waals surface area contributed by atoms with Crippen molar-refractivity contribution in [3.05, 3.63) is 28.4 Å². The van der Waals surface area contributed by atoms with Crippen LogP contribution in [0.15, 0.2) is 23.7 Å².